The number of carbonyl (C=O) groups excluding carboxylic acids is 1. The molecule has 1 atom stereocenters. The fourth-order valence-electron chi connectivity index (χ4n) is 2.97. The molecule has 2 aliphatic rings. The number of aryl methyl sites for hydroxylation is 1. The minimum Gasteiger partial charge on any atom is -0.367 e. The maximum Gasteiger partial charge on any atom is 0.221 e. The smallest absolute Gasteiger partial charge is 0.221 e. The summed E-state index contributed by atoms with van der Waals surface area (Å²) in [5.74, 6) is 0.173. The van der Waals surface area contributed by atoms with Crippen LogP contribution in [0.1, 0.15) is 31.2 Å². The third-order valence-electron chi connectivity index (χ3n) is 4.28. The largest absolute Gasteiger partial charge is 0.367 e. The zero-order valence-corrected chi connectivity index (χ0v) is 11.8. The Morgan fingerprint density at radius 3 is 2.85 bits per heavy atom. The Hall–Kier alpha value is -1.55. The molecule has 0 bridgehead atoms. The van der Waals surface area contributed by atoms with Gasteiger partial charge in [-0.2, -0.15) is 0 Å². The van der Waals surface area contributed by atoms with Crippen LogP contribution in [0.15, 0.2) is 24.3 Å². The van der Waals surface area contributed by atoms with E-state index >= 15 is 0 Å². The van der Waals surface area contributed by atoms with Crippen molar-refractivity contribution in [2.45, 2.75) is 44.2 Å². The number of rotatable bonds is 5. The predicted molar refractivity (Wildman–Crippen MR) is 80.7 cm³/mol. The molecule has 1 aromatic rings. The highest BCUT2D eigenvalue weighted by Gasteiger charge is 2.27. The first-order valence-corrected chi connectivity index (χ1v) is 7.62. The third-order valence-corrected chi connectivity index (χ3v) is 4.28. The van der Waals surface area contributed by atoms with Gasteiger partial charge in [0.2, 0.25) is 5.91 Å². The van der Waals surface area contributed by atoms with Crippen LogP contribution in [-0.4, -0.2) is 31.1 Å². The van der Waals surface area contributed by atoms with Gasteiger partial charge in [-0.15, -0.1) is 0 Å². The first kappa shape index (κ1) is 13.4. The lowest BCUT2D eigenvalue weighted by molar-refractivity contribution is -0.121. The molecule has 0 spiro atoms. The van der Waals surface area contributed by atoms with Crippen LogP contribution in [0.2, 0.25) is 0 Å². The van der Waals surface area contributed by atoms with Crippen LogP contribution < -0.4 is 16.0 Å². The SMILES string of the molecule is NCC1CCc2ccccc2N1CCC(=O)NC1CC1. The molecule has 108 valence electrons. The van der Waals surface area contributed by atoms with Crippen molar-refractivity contribution in [2.24, 2.45) is 5.73 Å². The van der Waals surface area contributed by atoms with E-state index in [0.717, 1.165) is 32.2 Å². The Kier molecular flexibility index (Phi) is 3.92. The summed E-state index contributed by atoms with van der Waals surface area (Å²) in [6.45, 7) is 1.41. The molecule has 3 N–H and O–H groups in total. The normalized spacial score (nSPS) is 21.4. The van der Waals surface area contributed by atoms with Crippen LogP contribution in [0.25, 0.3) is 0 Å². The molecular weight excluding hydrogens is 250 g/mol. The van der Waals surface area contributed by atoms with E-state index in [2.05, 4.69) is 34.5 Å². The predicted octanol–water partition coefficient (Wildman–Crippen LogP) is 1.44. The van der Waals surface area contributed by atoms with E-state index in [1.54, 1.807) is 0 Å². The second-order valence-corrected chi connectivity index (χ2v) is 5.84. The fraction of sp³-hybridized carbons (Fsp3) is 0.562. The summed E-state index contributed by atoms with van der Waals surface area (Å²) in [6.07, 6.45) is 5.01. The van der Waals surface area contributed by atoms with Gasteiger partial charge in [-0.25, -0.2) is 0 Å². The Labute approximate surface area is 120 Å². The van der Waals surface area contributed by atoms with Gasteiger partial charge in [0.15, 0.2) is 0 Å². The molecule has 1 saturated carbocycles. The molecule has 4 nitrogen and oxygen atoms in total. The van der Waals surface area contributed by atoms with Crippen molar-refractivity contribution in [1.82, 2.24) is 5.32 Å². The lowest BCUT2D eigenvalue weighted by Gasteiger charge is -2.38. The van der Waals surface area contributed by atoms with Crippen LogP contribution in [0.5, 0.6) is 0 Å². The van der Waals surface area contributed by atoms with Crippen LogP contribution in [0, 0.1) is 0 Å². The molecule has 1 heterocycles. The molecular formula is C16H23N3O. The summed E-state index contributed by atoms with van der Waals surface area (Å²) in [5, 5.41) is 3.05. The number of amides is 1. The average molecular weight is 273 g/mol. The highest BCUT2D eigenvalue weighted by molar-refractivity contribution is 5.77. The van der Waals surface area contributed by atoms with E-state index in [-0.39, 0.29) is 5.91 Å². The Balaban J connectivity index is 1.66. The Bertz CT molecular complexity index is 484. The van der Waals surface area contributed by atoms with Gasteiger partial charge in [0.25, 0.3) is 0 Å². The summed E-state index contributed by atoms with van der Waals surface area (Å²) in [5.41, 5.74) is 8.54. The number of carbonyl (C=O) groups is 1. The Morgan fingerprint density at radius 2 is 2.10 bits per heavy atom. The lowest BCUT2D eigenvalue weighted by atomic mass is 9.95. The van der Waals surface area contributed by atoms with Crippen molar-refractivity contribution in [2.75, 3.05) is 18.0 Å². The number of benzene rings is 1. The van der Waals surface area contributed by atoms with Crippen LogP contribution >= 0.6 is 0 Å². The van der Waals surface area contributed by atoms with E-state index in [0.29, 0.717) is 25.0 Å². The summed E-state index contributed by atoms with van der Waals surface area (Å²) in [6, 6.07) is 9.28. The number of anilines is 1. The second-order valence-electron chi connectivity index (χ2n) is 5.84. The highest BCUT2D eigenvalue weighted by Crippen LogP contribution is 2.30. The van der Waals surface area contributed by atoms with E-state index in [4.69, 9.17) is 5.73 Å². The summed E-state index contributed by atoms with van der Waals surface area (Å²) < 4.78 is 0. The molecule has 1 aliphatic carbocycles. The second kappa shape index (κ2) is 5.83. The number of nitrogens with one attached hydrogen (secondary N) is 1. The zero-order chi connectivity index (χ0) is 13.9. The number of hydrogen-bond acceptors (Lipinski definition) is 3. The molecule has 3 rings (SSSR count). The molecule has 20 heavy (non-hydrogen) atoms. The van der Waals surface area contributed by atoms with Gasteiger partial charge in [0.05, 0.1) is 0 Å². The molecule has 0 radical (unpaired) electrons. The van der Waals surface area contributed by atoms with Gasteiger partial charge in [-0.05, 0) is 37.3 Å². The lowest BCUT2D eigenvalue weighted by Crippen LogP contribution is -2.45. The molecule has 0 saturated heterocycles. The standard InChI is InChI=1S/C16H23N3O/c17-11-14-8-5-12-3-1-2-4-15(12)19(14)10-9-16(20)18-13-6-7-13/h1-4,13-14H,5-11,17H2,(H,18,20). The number of nitrogens with zero attached hydrogens (tertiary/aromatic N) is 1. The van der Waals surface area contributed by atoms with Crippen LogP contribution in [0.4, 0.5) is 5.69 Å². The van der Waals surface area contributed by atoms with Gasteiger partial charge < -0.3 is 16.0 Å². The molecule has 1 amide bonds. The molecule has 0 aromatic heterocycles. The molecule has 1 aliphatic heterocycles. The Morgan fingerprint density at radius 1 is 1.30 bits per heavy atom. The number of para-hydroxylation sites is 1. The average Bonchev–Trinajstić information content (AvgIpc) is 3.28. The molecule has 1 fully saturated rings. The first-order chi connectivity index (χ1) is 9.78. The van der Waals surface area contributed by atoms with Crippen molar-refractivity contribution in [3.05, 3.63) is 29.8 Å². The van der Waals surface area contributed by atoms with Gasteiger partial charge in [-0.1, -0.05) is 18.2 Å². The topological polar surface area (TPSA) is 58.4 Å². The summed E-state index contributed by atoms with van der Waals surface area (Å²) >= 11 is 0. The number of hydrogen-bond donors (Lipinski definition) is 2. The van der Waals surface area contributed by atoms with Crippen molar-refractivity contribution in [1.29, 1.82) is 0 Å². The van der Waals surface area contributed by atoms with Gasteiger partial charge in [0.1, 0.15) is 0 Å². The van der Waals surface area contributed by atoms with E-state index in [1.807, 2.05) is 0 Å². The minimum absolute atomic E-state index is 0.173. The van der Waals surface area contributed by atoms with Crippen molar-refractivity contribution < 1.29 is 4.79 Å². The third kappa shape index (κ3) is 2.96. The number of fused-ring (bicyclic) bond motifs is 1. The summed E-state index contributed by atoms with van der Waals surface area (Å²) in [4.78, 5) is 14.2. The monoisotopic (exact) mass is 273 g/mol. The van der Waals surface area contributed by atoms with Crippen LogP contribution in [0.3, 0.4) is 0 Å². The van der Waals surface area contributed by atoms with Crippen molar-refractivity contribution in [3.8, 4) is 0 Å². The van der Waals surface area contributed by atoms with Crippen molar-refractivity contribution >= 4 is 11.6 Å². The fourth-order valence-corrected chi connectivity index (χ4v) is 2.97. The molecule has 1 aromatic carbocycles. The first-order valence-electron chi connectivity index (χ1n) is 7.62. The maximum absolute atomic E-state index is 11.9. The summed E-state index contributed by atoms with van der Waals surface area (Å²) in [7, 11) is 0. The minimum atomic E-state index is 0.173. The van der Waals surface area contributed by atoms with Gasteiger partial charge in [-0.3, -0.25) is 4.79 Å². The maximum atomic E-state index is 11.9. The van der Waals surface area contributed by atoms with E-state index in [9.17, 15) is 4.79 Å². The highest BCUT2D eigenvalue weighted by atomic mass is 16.1. The van der Waals surface area contributed by atoms with Crippen LogP contribution in [-0.2, 0) is 11.2 Å². The molecule has 1 unspecified atom stereocenters. The van der Waals surface area contributed by atoms with Crippen molar-refractivity contribution in [3.63, 3.8) is 0 Å². The van der Waals surface area contributed by atoms with E-state index < -0.39 is 0 Å². The van der Waals surface area contributed by atoms with Gasteiger partial charge >= 0.3 is 0 Å². The number of nitrogens with two attached hydrogens (primary N) is 1. The van der Waals surface area contributed by atoms with E-state index in [1.165, 1.54) is 11.3 Å². The molecule has 4 heteroatoms. The van der Waals surface area contributed by atoms with Gasteiger partial charge in [0, 0.05) is 37.3 Å². The quantitative estimate of drug-likeness (QED) is 0.853. The zero-order valence-electron chi connectivity index (χ0n) is 11.8.